The Morgan fingerprint density at radius 2 is 1.94 bits per heavy atom. The van der Waals surface area contributed by atoms with Crippen molar-refractivity contribution >= 4 is 28.9 Å². The van der Waals surface area contributed by atoms with E-state index in [1.807, 2.05) is 30.3 Å². The standard InChI is InChI=1S/C22H24N6O6/c23-18-14-19(25-10-24-18)28(11-26-14)21-16(30)15(29)17(34-21)20(31)27-8-4-7-13(27)22(32)33-9-12-5-2-1-3-6-12/h1-3,5-6,10-11,13,15-17,21,29-30H,4,7-9H2,(H2,23,24,25)/t13-,15-,16+,17-,21+/m0/s1. The van der Waals surface area contributed by atoms with Crippen LogP contribution in [0.15, 0.2) is 43.0 Å². The number of carbonyl (C=O) groups is 2. The number of imidazole rings is 1. The van der Waals surface area contributed by atoms with Gasteiger partial charge in [0.2, 0.25) is 0 Å². The normalized spacial score (nSPS) is 26.8. The number of esters is 1. The first-order valence-electron chi connectivity index (χ1n) is 10.9. The summed E-state index contributed by atoms with van der Waals surface area (Å²) in [6.07, 6.45) is -1.82. The summed E-state index contributed by atoms with van der Waals surface area (Å²) in [4.78, 5) is 39.5. The number of benzene rings is 1. The molecule has 4 heterocycles. The van der Waals surface area contributed by atoms with Crippen LogP contribution in [-0.2, 0) is 25.7 Å². The van der Waals surface area contributed by atoms with Crippen molar-refractivity contribution in [2.45, 2.75) is 50.0 Å². The van der Waals surface area contributed by atoms with Crippen LogP contribution in [0.2, 0.25) is 0 Å². The second kappa shape index (κ2) is 8.97. The van der Waals surface area contributed by atoms with Gasteiger partial charge in [0.1, 0.15) is 36.7 Å². The van der Waals surface area contributed by atoms with Gasteiger partial charge in [0.15, 0.2) is 23.8 Å². The van der Waals surface area contributed by atoms with Gasteiger partial charge in [-0.15, -0.1) is 0 Å². The first kappa shape index (κ1) is 22.2. The Kier molecular flexibility index (Phi) is 5.86. The average Bonchev–Trinajstić information content (AvgIpc) is 3.57. The van der Waals surface area contributed by atoms with Gasteiger partial charge in [0.05, 0.1) is 6.33 Å². The fraction of sp³-hybridized carbons (Fsp3) is 0.409. The fourth-order valence-electron chi connectivity index (χ4n) is 4.41. The monoisotopic (exact) mass is 468 g/mol. The highest BCUT2D eigenvalue weighted by molar-refractivity contribution is 5.88. The zero-order valence-corrected chi connectivity index (χ0v) is 18.1. The van der Waals surface area contributed by atoms with Crippen molar-refractivity contribution in [3.05, 3.63) is 48.5 Å². The van der Waals surface area contributed by atoms with Crippen molar-refractivity contribution in [3.63, 3.8) is 0 Å². The van der Waals surface area contributed by atoms with E-state index in [2.05, 4.69) is 15.0 Å². The molecule has 2 aliphatic rings. The molecule has 0 unspecified atom stereocenters. The van der Waals surface area contributed by atoms with E-state index in [0.29, 0.717) is 30.6 Å². The lowest BCUT2D eigenvalue weighted by molar-refractivity contribution is -0.160. The highest BCUT2D eigenvalue weighted by atomic mass is 16.6. The molecule has 1 amide bonds. The topological polar surface area (TPSA) is 166 Å². The highest BCUT2D eigenvalue weighted by Crippen LogP contribution is 2.34. The maximum absolute atomic E-state index is 13.3. The molecule has 34 heavy (non-hydrogen) atoms. The van der Waals surface area contributed by atoms with Crippen LogP contribution in [0, 0.1) is 0 Å². The number of aliphatic hydroxyl groups is 2. The molecule has 4 N–H and O–H groups in total. The minimum Gasteiger partial charge on any atom is -0.459 e. The lowest BCUT2D eigenvalue weighted by atomic mass is 10.1. The van der Waals surface area contributed by atoms with Crippen LogP contribution in [0.3, 0.4) is 0 Å². The molecule has 0 saturated carbocycles. The van der Waals surface area contributed by atoms with Crippen molar-refractivity contribution < 1.29 is 29.3 Å². The zero-order chi connectivity index (χ0) is 23.8. The predicted octanol–water partition coefficient (Wildman–Crippen LogP) is -0.238. The number of amides is 1. The zero-order valence-electron chi connectivity index (χ0n) is 18.1. The van der Waals surface area contributed by atoms with E-state index in [9.17, 15) is 19.8 Å². The molecule has 2 fully saturated rings. The third-order valence-corrected chi connectivity index (χ3v) is 6.17. The van der Waals surface area contributed by atoms with Gasteiger partial charge in [-0.1, -0.05) is 30.3 Å². The van der Waals surface area contributed by atoms with Crippen molar-refractivity contribution in [1.29, 1.82) is 0 Å². The summed E-state index contributed by atoms with van der Waals surface area (Å²) in [5.74, 6) is -0.961. The van der Waals surface area contributed by atoms with Crippen molar-refractivity contribution in [2.24, 2.45) is 0 Å². The van der Waals surface area contributed by atoms with Crippen LogP contribution in [-0.4, -0.2) is 77.4 Å². The minimum absolute atomic E-state index is 0.0975. The minimum atomic E-state index is -1.52. The molecule has 12 heteroatoms. The maximum atomic E-state index is 13.3. The van der Waals surface area contributed by atoms with Gasteiger partial charge in [-0.05, 0) is 18.4 Å². The van der Waals surface area contributed by atoms with E-state index in [-0.39, 0.29) is 12.4 Å². The predicted molar refractivity (Wildman–Crippen MR) is 117 cm³/mol. The lowest BCUT2D eigenvalue weighted by Crippen LogP contribution is -2.49. The Morgan fingerprint density at radius 3 is 2.74 bits per heavy atom. The van der Waals surface area contributed by atoms with Crippen molar-refractivity contribution in [3.8, 4) is 0 Å². The Labute approximate surface area is 193 Å². The molecule has 3 aromatic rings. The van der Waals surface area contributed by atoms with Gasteiger partial charge in [-0.2, -0.15) is 0 Å². The summed E-state index contributed by atoms with van der Waals surface area (Å²) < 4.78 is 12.6. The van der Waals surface area contributed by atoms with Gasteiger partial charge in [-0.25, -0.2) is 19.7 Å². The third kappa shape index (κ3) is 3.85. The van der Waals surface area contributed by atoms with Crippen LogP contribution in [0.1, 0.15) is 24.6 Å². The number of rotatable bonds is 5. The van der Waals surface area contributed by atoms with E-state index in [1.54, 1.807) is 0 Å². The molecule has 0 bridgehead atoms. The van der Waals surface area contributed by atoms with E-state index < -0.39 is 42.5 Å². The largest absolute Gasteiger partial charge is 0.459 e. The molecule has 12 nitrogen and oxygen atoms in total. The number of aliphatic hydroxyl groups excluding tert-OH is 2. The molecule has 0 spiro atoms. The Morgan fingerprint density at radius 1 is 1.15 bits per heavy atom. The van der Waals surface area contributed by atoms with E-state index >= 15 is 0 Å². The number of nitrogens with two attached hydrogens (primary N) is 1. The smallest absolute Gasteiger partial charge is 0.329 e. The average molecular weight is 468 g/mol. The number of hydrogen-bond acceptors (Lipinski definition) is 10. The molecule has 2 aliphatic heterocycles. The van der Waals surface area contributed by atoms with Crippen molar-refractivity contribution in [1.82, 2.24) is 24.4 Å². The number of carbonyl (C=O) groups excluding carboxylic acids is 2. The number of ether oxygens (including phenoxy) is 2. The molecule has 5 rings (SSSR count). The van der Waals surface area contributed by atoms with E-state index in [1.165, 1.54) is 22.1 Å². The van der Waals surface area contributed by atoms with Crippen LogP contribution in [0.4, 0.5) is 5.82 Å². The Bertz CT molecular complexity index is 1200. The summed E-state index contributed by atoms with van der Waals surface area (Å²) in [6.45, 7) is 0.412. The number of anilines is 1. The van der Waals surface area contributed by atoms with Gasteiger partial charge < -0.3 is 30.3 Å². The van der Waals surface area contributed by atoms with Crippen LogP contribution in [0.5, 0.6) is 0 Å². The van der Waals surface area contributed by atoms with Crippen molar-refractivity contribution in [2.75, 3.05) is 12.3 Å². The molecule has 0 radical (unpaired) electrons. The number of nitrogens with zero attached hydrogens (tertiary/aromatic N) is 5. The summed E-state index contributed by atoms with van der Waals surface area (Å²) in [5.41, 5.74) is 7.25. The first-order chi connectivity index (χ1) is 16.5. The van der Waals surface area contributed by atoms with Gasteiger partial charge in [0.25, 0.3) is 5.91 Å². The molecule has 1 aromatic carbocycles. The molecule has 178 valence electrons. The van der Waals surface area contributed by atoms with Gasteiger partial charge in [-0.3, -0.25) is 9.36 Å². The number of aromatic nitrogens is 4. The van der Waals surface area contributed by atoms with Crippen LogP contribution in [0.25, 0.3) is 11.2 Å². The van der Waals surface area contributed by atoms with Gasteiger partial charge in [0, 0.05) is 6.54 Å². The number of hydrogen-bond donors (Lipinski definition) is 3. The SMILES string of the molecule is Nc1ncnc2c1ncn2[C@@H]1O[C@H](C(=O)N2CCC[C@H]2C(=O)OCc2ccccc2)[C@@H](O)[C@H]1O. The first-order valence-corrected chi connectivity index (χ1v) is 10.9. The summed E-state index contributed by atoms with van der Waals surface area (Å²) >= 11 is 0. The quantitative estimate of drug-likeness (QED) is 0.425. The van der Waals surface area contributed by atoms with E-state index in [0.717, 1.165) is 5.56 Å². The second-order valence-electron chi connectivity index (χ2n) is 8.29. The molecule has 2 aromatic heterocycles. The summed E-state index contributed by atoms with van der Waals surface area (Å²) in [6, 6.07) is 8.45. The molecule has 2 saturated heterocycles. The molecule has 5 atom stereocenters. The lowest BCUT2D eigenvalue weighted by Gasteiger charge is -2.26. The maximum Gasteiger partial charge on any atom is 0.329 e. The number of likely N-dealkylation sites (tertiary alicyclic amines) is 1. The molecule has 0 aliphatic carbocycles. The molecular formula is C22H24N6O6. The van der Waals surface area contributed by atoms with Crippen LogP contribution < -0.4 is 5.73 Å². The second-order valence-corrected chi connectivity index (χ2v) is 8.29. The number of nitrogen functional groups attached to an aromatic ring is 1. The van der Waals surface area contributed by atoms with Crippen LogP contribution >= 0.6 is 0 Å². The Balaban J connectivity index is 1.30. The Hall–Kier alpha value is -3.61. The summed E-state index contributed by atoms with van der Waals surface area (Å²) in [5, 5.41) is 21.3. The highest BCUT2D eigenvalue weighted by Gasteiger charge is 2.51. The number of fused-ring (bicyclic) bond motifs is 1. The third-order valence-electron chi connectivity index (χ3n) is 6.17. The van der Waals surface area contributed by atoms with Gasteiger partial charge >= 0.3 is 5.97 Å². The summed E-state index contributed by atoms with van der Waals surface area (Å²) in [7, 11) is 0. The fourth-order valence-corrected chi connectivity index (χ4v) is 4.41. The van der Waals surface area contributed by atoms with E-state index in [4.69, 9.17) is 15.2 Å². The molecular weight excluding hydrogens is 444 g/mol.